The number of amides is 2. The van der Waals surface area contributed by atoms with Gasteiger partial charge >= 0.3 is 7.60 Å². The third-order valence-electron chi connectivity index (χ3n) is 2.35. The van der Waals surface area contributed by atoms with Crippen molar-refractivity contribution in [1.82, 2.24) is 5.32 Å². The highest BCUT2D eigenvalue weighted by Crippen LogP contribution is 2.34. The summed E-state index contributed by atoms with van der Waals surface area (Å²) < 4.78 is 28.0. The molecule has 0 radical (unpaired) electrons. The Morgan fingerprint density at radius 2 is 2.16 bits per heavy atom. The molecule has 2 atom stereocenters. The van der Waals surface area contributed by atoms with Crippen LogP contribution < -0.4 is 5.32 Å². The van der Waals surface area contributed by atoms with E-state index < -0.39 is 44.6 Å². The normalized spacial score (nSPS) is 21.9. The highest BCUT2D eigenvalue weighted by Gasteiger charge is 2.30. The number of rotatable bonds is 6. The van der Waals surface area contributed by atoms with Crippen molar-refractivity contribution in [3.8, 4) is 0 Å². The van der Waals surface area contributed by atoms with Crippen molar-refractivity contribution < 1.29 is 33.1 Å². The monoisotopic (exact) mass is 296 g/mol. The maximum Gasteiger partial charge on any atom is 0.350 e. The van der Waals surface area contributed by atoms with Crippen LogP contribution in [0.3, 0.4) is 0 Å². The van der Waals surface area contributed by atoms with Crippen LogP contribution in [0.1, 0.15) is 13.3 Å². The number of nitrogens with zero attached hydrogens (tertiary/aromatic N) is 1. The van der Waals surface area contributed by atoms with Crippen LogP contribution >= 0.6 is 7.60 Å². The summed E-state index contributed by atoms with van der Waals surface area (Å²) in [7, 11) is -4.40. The summed E-state index contributed by atoms with van der Waals surface area (Å²) in [5.74, 6) is -1.30. The van der Waals surface area contributed by atoms with E-state index in [2.05, 4.69) is 4.99 Å². The van der Waals surface area contributed by atoms with Crippen molar-refractivity contribution in [1.29, 1.82) is 0 Å². The number of carbonyl (C=O) groups is 2. The first kappa shape index (κ1) is 15.9. The minimum Gasteiger partial charge on any atom is -0.363 e. The van der Waals surface area contributed by atoms with Gasteiger partial charge in [-0.2, -0.15) is 0 Å². The van der Waals surface area contributed by atoms with Gasteiger partial charge in [0.15, 0.2) is 0 Å². The minimum atomic E-state index is -4.40. The Kier molecular flexibility index (Phi) is 5.30. The fourth-order valence-corrected chi connectivity index (χ4v) is 1.83. The molecule has 1 unspecified atom stereocenters. The van der Waals surface area contributed by atoms with Crippen LogP contribution in [-0.2, 0) is 18.9 Å². The van der Waals surface area contributed by atoms with E-state index >= 15 is 0 Å². The molecule has 19 heavy (non-hydrogen) atoms. The molecular formula is C9H14FN2O6P. The molecule has 0 bridgehead atoms. The molecule has 10 heteroatoms. The average molecular weight is 296 g/mol. The lowest BCUT2D eigenvalue weighted by molar-refractivity contribution is -0.129. The molecule has 0 aromatic carbocycles. The number of alkyl halides is 1. The summed E-state index contributed by atoms with van der Waals surface area (Å²) >= 11 is 0. The van der Waals surface area contributed by atoms with Crippen LogP contribution in [0.25, 0.3) is 0 Å². The fraction of sp³-hybridized carbons (Fsp3) is 0.667. The number of imide groups is 1. The van der Waals surface area contributed by atoms with E-state index in [1.165, 1.54) is 6.92 Å². The second-order valence-corrected chi connectivity index (χ2v) is 5.61. The van der Waals surface area contributed by atoms with E-state index in [1.807, 2.05) is 5.32 Å². The van der Waals surface area contributed by atoms with Gasteiger partial charge in [-0.15, -0.1) is 0 Å². The molecule has 2 amide bonds. The minimum absolute atomic E-state index is 0.0807. The Hall–Kier alpha value is -1.15. The number of carbonyl (C=O) groups excluding carboxylic acids is 2. The fourth-order valence-electron chi connectivity index (χ4n) is 1.42. The van der Waals surface area contributed by atoms with Gasteiger partial charge in [0.2, 0.25) is 0 Å². The van der Waals surface area contributed by atoms with Gasteiger partial charge in [-0.05, 0) is 6.92 Å². The number of aliphatic imine (C=N–C) groups is 1. The molecule has 0 spiro atoms. The van der Waals surface area contributed by atoms with Crippen molar-refractivity contribution in [3.63, 3.8) is 0 Å². The maximum absolute atomic E-state index is 12.7. The zero-order valence-electron chi connectivity index (χ0n) is 10.1. The van der Waals surface area contributed by atoms with Crippen molar-refractivity contribution in [2.75, 3.05) is 13.0 Å². The average Bonchev–Trinajstić information content (AvgIpc) is 2.29. The van der Waals surface area contributed by atoms with Crippen LogP contribution in [0.2, 0.25) is 0 Å². The number of ether oxygens (including phenoxy) is 1. The van der Waals surface area contributed by atoms with Gasteiger partial charge in [0.1, 0.15) is 19.1 Å². The molecule has 0 aromatic rings. The third kappa shape index (κ3) is 5.15. The molecule has 0 aliphatic carbocycles. The van der Waals surface area contributed by atoms with Crippen LogP contribution in [0.15, 0.2) is 4.99 Å². The van der Waals surface area contributed by atoms with E-state index in [0.717, 1.165) is 0 Å². The van der Waals surface area contributed by atoms with Crippen molar-refractivity contribution in [3.05, 3.63) is 0 Å². The van der Waals surface area contributed by atoms with Crippen LogP contribution in [0.4, 0.5) is 4.39 Å². The van der Waals surface area contributed by atoms with E-state index in [9.17, 15) is 18.5 Å². The predicted molar refractivity (Wildman–Crippen MR) is 62.4 cm³/mol. The first-order chi connectivity index (χ1) is 8.73. The number of halogens is 1. The second-order valence-electron chi connectivity index (χ2n) is 4.02. The van der Waals surface area contributed by atoms with Gasteiger partial charge in [-0.3, -0.25) is 24.5 Å². The molecule has 8 nitrogen and oxygen atoms in total. The third-order valence-corrected chi connectivity index (χ3v) is 2.84. The molecule has 1 aliphatic heterocycles. The van der Waals surface area contributed by atoms with Crippen LogP contribution in [0, 0.1) is 0 Å². The zero-order chi connectivity index (χ0) is 14.6. The van der Waals surface area contributed by atoms with E-state index in [4.69, 9.17) is 14.5 Å². The summed E-state index contributed by atoms with van der Waals surface area (Å²) in [6, 6.07) is -1.00. The van der Waals surface area contributed by atoms with Gasteiger partial charge in [0, 0.05) is 6.42 Å². The molecule has 0 saturated carbocycles. The van der Waals surface area contributed by atoms with Gasteiger partial charge in [0.05, 0.1) is 11.8 Å². The molecule has 0 fully saturated rings. The van der Waals surface area contributed by atoms with Crippen molar-refractivity contribution in [2.24, 2.45) is 4.99 Å². The SMILES string of the molecule is CC1=NC(C[C@@H](CF)OCP(=O)(O)O)C(=O)NC1=O. The summed E-state index contributed by atoms with van der Waals surface area (Å²) in [5.41, 5.74) is 0.0807. The van der Waals surface area contributed by atoms with Gasteiger partial charge in [-0.25, -0.2) is 4.39 Å². The highest BCUT2D eigenvalue weighted by atomic mass is 31.2. The lowest BCUT2D eigenvalue weighted by Crippen LogP contribution is -2.47. The second kappa shape index (κ2) is 6.33. The summed E-state index contributed by atoms with van der Waals surface area (Å²) in [4.78, 5) is 43.5. The molecule has 1 heterocycles. The Morgan fingerprint density at radius 3 is 2.68 bits per heavy atom. The molecule has 1 rings (SSSR count). The molecule has 0 aromatic heterocycles. The highest BCUT2D eigenvalue weighted by molar-refractivity contribution is 7.51. The first-order valence-electron chi connectivity index (χ1n) is 5.34. The summed E-state index contributed by atoms with van der Waals surface area (Å²) in [6.45, 7) is 0.377. The molecule has 1 aliphatic rings. The number of hydrogen-bond donors (Lipinski definition) is 3. The number of nitrogens with one attached hydrogen (secondary N) is 1. The largest absolute Gasteiger partial charge is 0.363 e. The summed E-state index contributed by atoms with van der Waals surface area (Å²) in [5, 5.41) is 2.04. The molecule has 3 N–H and O–H groups in total. The smallest absolute Gasteiger partial charge is 0.350 e. The lowest BCUT2D eigenvalue weighted by Gasteiger charge is -2.22. The Morgan fingerprint density at radius 1 is 1.53 bits per heavy atom. The van der Waals surface area contributed by atoms with Gasteiger partial charge < -0.3 is 14.5 Å². The van der Waals surface area contributed by atoms with Crippen LogP contribution in [-0.4, -0.2) is 52.5 Å². The van der Waals surface area contributed by atoms with E-state index in [0.29, 0.717) is 0 Å². The van der Waals surface area contributed by atoms with Crippen molar-refractivity contribution >= 4 is 25.1 Å². The zero-order valence-corrected chi connectivity index (χ0v) is 11.0. The predicted octanol–water partition coefficient (Wildman–Crippen LogP) is -0.648. The standard InChI is InChI=1S/C9H14FN2O6P/c1-5-8(13)12-9(14)7(11-5)2-6(3-10)18-4-19(15,16)17/h6-7H,2-4H2,1H3,(H,12,13,14)(H2,15,16,17)/t6-,7?/m0/s1. The van der Waals surface area contributed by atoms with E-state index in [1.54, 1.807) is 0 Å². The maximum atomic E-state index is 12.7. The number of hydrogen-bond acceptors (Lipinski definition) is 5. The Labute approximate surface area is 108 Å². The molecular weight excluding hydrogens is 282 g/mol. The summed E-state index contributed by atoms with van der Waals surface area (Å²) in [6.07, 6.45) is -2.31. The van der Waals surface area contributed by atoms with Gasteiger partial charge in [0.25, 0.3) is 11.8 Å². The quantitative estimate of drug-likeness (QED) is 0.442. The van der Waals surface area contributed by atoms with Crippen LogP contribution in [0.5, 0.6) is 0 Å². The van der Waals surface area contributed by atoms with E-state index in [-0.39, 0.29) is 12.1 Å². The Bertz CT molecular complexity index is 448. The topological polar surface area (TPSA) is 125 Å². The molecule has 0 saturated heterocycles. The van der Waals surface area contributed by atoms with Gasteiger partial charge in [-0.1, -0.05) is 0 Å². The Balaban J connectivity index is 2.63. The van der Waals surface area contributed by atoms with Crippen molar-refractivity contribution in [2.45, 2.75) is 25.5 Å². The first-order valence-corrected chi connectivity index (χ1v) is 7.14. The lowest BCUT2D eigenvalue weighted by atomic mass is 10.1. The molecule has 108 valence electrons.